The number of aryl methyl sites for hydroxylation is 2. The van der Waals surface area contributed by atoms with Crippen LogP contribution in [0.15, 0.2) is 213 Å². The van der Waals surface area contributed by atoms with E-state index in [1.807, 2.05) is 60.7 Å². The number of benzene rings is 7. The Morgan fingerprint density at radius 1 is 0.475 bits per heavy atom. The molecule has 0 saturated carbocycles. The molecule has 6 heteroatoms. The summed E-state index contributed by atoms with van der Waals surface area (Å²) in [4.78, 5) is 0. The van der Waals surface area contributed by atoms with Crippen molar-refractivity contribution in [2.45, 2.75) is 0 Å². The van der Waals surface area contributed by atoms with Gasteiger partial charge in [0.15, 0.2) is 5.90 Å². The largest absolute Gasteiger partial charge is 1.00 e. The molecule has 0 N–H and O–H groups in total. The van der Waals surface area contributed by atoms with E-state index in [-0.39, 0.29) is 44.8 Å². The van der Waals surface area contributed by atoms with Gasteiger partial charge in [-0.05, 0) is 60.0 Å². The third-order valence-electron chi connectivity index (χ3n) is 10.5. The molecule has 0 spiro atoms. The van der Waals surface area contributed by atoms with Gasteiger partial charge in [0, 0.05) is 52.3 Å². The molecule has 61 heavy (non-hydrogen) atoms. The van der Waals surface area contributed by atoms with Gasteiger partial charge in [-0.3, -0.25) is 11.8 Å². The van der Waals surface area contributed by atoms with Gasteiger partial charge in [0.25, 0.3) is 0 Å². The van der Waals surface area contributed by atoms with E-state index in [1.165, 1.54) is 59.9 Å². The van der Waals surface area contributed by atoms with E-state index in [2.05, 4.69) is 187 Å². The van der Waals surface area contributed by atoms with Gasteiger partial charge in [0.2, 0.25) is 0 Å². The molecular formula is C55H46Au2N2P2+2. The zero-order valence-corrected chi connectivity index (χ0v) is 40.4. The Morgan fingerprint density at radius 3 is 1.48 bits per heavy atom. The fourth-order valence-corrected chi connectivity index (χ4v) is 14.7. The minimum Gasteiger partial charge on any atom is -0.366 e. The Morgan fingerprint density at radius 2 is 0.918 bits per heavy atom. The number of para-hydroxylation sites is 2. The van der Waals surface area contributed by atoms with Crippen LogP contribution in [0.5, 0.6) is 0 Å². The van der Waals surface area contributed by atoms with Gasteiger partial charge in [-0.2, -0.15) is 0 Å². The maximum atomic E-state index is 7.18. The van der Waals surface area contributed by atoms with Crippen molar-refractivity contribution < 1.29 is 44.8 Å². The Kier molecular flexibility index (Phi) is 17.8. The number of nitrogens with zero attached hydrogens (tertiary/aromatic N) is 2. The summed E-state index contributed by atoms with van der Waals surface area (Å²) in [5.41, 5.74) is 6.43. The quantitative estimate of drug-likeness (QED) is 0.0472. The van der Waals surface area contributed by atoms with E-state index in [9.17, 15) is 0 Å². The maximum absolute atomic E-state index is 7.18. The third-order valence-corrected chi connectivity index (χ3v) is 17.2. The second kappa shape index (κ2) is 23.2. The number of aromatic nitrogens is 2. The molecule has 1 atom stereocenters. The smallest absolute Gasteiger partial charge is 0.366 e. The second-order valence-corrected chi connectivity index (χ2v) is 19.6. The summed E-state index contributed by atoms with van der Waals surface area (Å²) >= 11 is 0. The van der Waals surface area contributed by atoms with Crippen LogP contribution in [0.4, 0.5) is 0 Å². The first-order valence-corrected chi connectivity index (χ1v) is 23.1. The molecule has 0 bridgehead atoms. The summed E-state index contributed by atoms with van der Waals surface area (Å²) in [5.74, 6) is 8.52. The number of fused-ring (bicyclic) bond motifs is 6. The summed E-state index contributed by atoms with van der Waals surface area (Å²) in [7, 11) is 2.47. The van der Waals surface area contributed by atoms with Crippen molar-refractivity contribution in [1.29, 1.82) is 0 Å². The first kappa shape index (κ1) is 46.9. The van der Waals surface area contributed by atoms with Crippen LogP contribution in [-0.2, 0) is 58.9 Å². The minimum absolute atomic E-state index is 0. The maximum Gasteiger partial charge on any atom is 1.00 e. The van der Waals surface area contributed by atoms with Crippen LogP contribution < -0.4 is 15.9 Å². The van der Waals surface area contributed by atoms with E-state index < -0.39 is 15.8 Å². The molecule has 0 aliphatic rings. The van der Waals surface area contributed by atoms with Crippen molar-refractivity contribution in [3.8, 4) is 11.8 Å². The first-order chi connectivity index (χ1) is 29.0. The molecule has 0 amide bonds. The predicted molar refractivity (Wildman–Crippen MR) is 262 cm³/mol. The molecule has 0 fully saturated rings. The van der Waals surface area contributed by atoms with E-state index in [4.69, 9.17) is 12.8 Å². The van der Waals surface area contributed by atoms with Crippen molar-refractivity contribution in [3.05, 3.63) is 237 Å². The molecule has 9 aromatic rings. The van der Waals surface area contributed by atoms with Crippen molar-refractivity contribution in [3.63, 3.8) is 0 Å². The zero-order valence-electron chi connectivity index (χ0n) is 34.0. The molecule has 0 radical (unpaired) electrons. The van der Waals surface area contributed by atoms with Crippen molar-refractivity contribution in [2.75, 3.05) is 5.90 Å². The second-order valence-electron chi connectivity index (χ2n) is 14.1. The summed E-state index contributed by atoms with van der Waals surface area (Å²) in [6.07, 6.45) is 22.4. The van der Waals surface area contributed by atoms with Gasteiger partial charge in [-0.1, -0.05) is 128 Å². The Bertz CT molecular complexity index is 2940. The van der Waals surface area contributed by atoms with Crippen LogP contribution >= 0.6 is 15.8 Å². The molecule has 1 unspecified atom stereocenters. The van der Waals surface area contributed by atoms with Crippen LogP contribution in [0.25, 0.3) is 43.6 Å². The van der Waals surface area contributed by atoms with Crippen LogP contribution in [0.1, 0.15) is 11.1 Å². The average Bonchev–Trinajstić information content (AvgIpc) is 3.76. The summed E-state index contributed by atoms with van der Waals surface area (Å²) in [6, 6.07) is 61.7. The monoisotopic (exact) mass is 1190 g/mol. The summed E-state index contributed by atoms with van der Waals surface area (Å²) in [5, 5.41) is 9.37. The van der Waals surface area contributed by atoms with E-state index >= 15 is 0 Å². The molecular weight excluding hydrogens is 1140 g/mol. The van der Waals surface area contributed by atoms with Crippen molar-refractivity contribution >= 4 is 75.4 Å². The van der Waals surface area contributed by atoms with Crippen LogP contribution in [0.3, 0.4) is 0 Å². The molecule has 0 saturated heterocycles. The molecule has 2 heterocycles. The zero-order chi connectivity index (χ0) is 41.0. The third kappa shape index (κ3) is 11.2. The molecule has 9 rings (SSSR count). The number of hydrogen-bond donors (Lipinski definition) is 0. The SMILES string of the molecule is C=C/C=C\C=C\[PH+](C[PH+](c1ccccc1)c1ccccc1)c1ccccc1.[Au+].[Au+].[C-]#Cc1ccc2c(c1)c1ccccc1n2C.[C-]#Cc1ccc2c3ccccc3n(C)c2c1. The normalized spacial score (nSPS) is 11.2. The van der Waals surface area contributed by atoms with Crippen molar-refractivity contribution in [2.24, 2.45) is 14.1 Å². The first-order valence-electron chi connectivity index (χ1n) is 19.6. The summed E-state index contributed by atoms with van der Waals surface area (Å²) in [6.45, 7) is 3.76. The molecule has 306 valence electrons. The van der Waals surface area contributed by atoms with Crippen LogP contribution in [0.2, 0.25) is 0 Å². The fraction of sp³-hybridized carbons (Fsp3) is 0.0545. The minimum atomic E-state index is -0.838. The molecule has 7 aromatic carbocycles. The van der Waals surface area contributed by atoms with Gasteiger partial charge in [-0.15, -0.1) is 35.4 Å². The number of hydrogen-bond acceptors (Lipinski definition) is 0. The number of rotatable bonds is 8. The Hall–Kier alpha value is -5.18. The van der Waals surface area contributed by atoms with Crippen LogP contribution in [0, 0.1) is 24.7 Å². The fourth-order valence-electron chi connectivity index (χ4n) is 7.55. The molecule has 0 aliphatic heterocycles. The average molecular weight is 1190 g/mol. The van der Waals surface area contributed by atoms with Gasteiger partial charge in [0.05, 0.1) is 19.0 Å². The molecule has 2 nitrogen and oxygen atoms in total. The molecule has 0 aliphatic carbocycles. The topological polar surface area (TPSA) is 9.86 Å². The molecule has 2 aromatic heterocycles. The standard InChI is InChI=1S/C25H24P2.2C15H10N.2Au/c1-2-3-4-14-21-26(23-15-8-5-9-16-23)22-27(24-17-10-6-11-18-24)25-19-12-7-13-20-25;1-3-11-8-9-15-13(10-11)12-6-4-5-7-14(12)16(15)2;1-3-11-8-9-13-12-6-4-5-7-14(12)16(2)15(13)10-11;;/h2-21H,1,22H2;2*4-10H,2H3;;/q;2*-1;2*+1/p+2/b4-3-,21-14+;;;;. The Labute approximate surface area is 394 Å². The van der Waals surface area contributed by atoms with Gasteiger partial charge in [0.1, 0.15) is 18.5 Å². The van der Waals surface area contributed by atoms with Gasteiger partial charge >= 0.3 is 44.8 Å². The predicted octanol–water partition coefficient (Wildman–Crippen LogP) is 12.1. The van der Waals surface area contributed by atoms with E-state index in [0.29, 0.717) is 0 Å². The van der Waals surface area contributed by atoms with E-state index in [0.717, 1.165) is 16.6 Å². The Balaban J connectivity index is 0.000000179. The van der Waals surface area contributed by atoms with Crippen molar-refractivity contribution in [1.82, 2.24) is 9.13 Å². The van der Waals surface area contributed by atoms with Crippen LogP contribution in [-0.4, -0.2) is 15.0 Å². The van der Waals surface area contributed by atoms with E-state index in [1.54, 1.807) is 0 Å². The summed E-state index contributed by atoms with van der Waals surface area (Å²) < 4.78 is 4.34. The van der Waals surface area contributed by atoms with Gasteiger partial charge < -0.3 is 22.0 Å². The number of allylic oxidation sites excluding steroid dienone is 4. The van der Waals surface area contributed by atoms with Gasteiger partial charge in [-0.25, -0.2) is 0 Å².